The average molecular weight is 257 g/mol. The van der Waals surface area contributed by atoms with Crippen LogP contribution in [0.5, 0.6) is 0 Å². The van der Waals surface area contributed by atoms with Crippen molar-refractivity contribution in [3.05, 3.63) is 0 Å². The van der Waals surface area contributed by atoms with Crippen molar-refractivity contribution < 1.29 is 9.47 Å². The van der Waals surface area contributed by atoms with Gasteiger partial charge in [0.05, 0.1) is 19.3 Å². The van der Waals surface area contributed by atoms with Gasteiger partial charge in [0, 0.05) is 5.92 Å². The van der Waals surface area contributed by atoms with E-state index in [9.17, 15) is 0 Å². The zero-order valence-corrected chi connectivity index (χ0v) is 12.7. The summed E-state index contributed by atoms with van der Waals surface area (Å²) in [6.45, 7) is 10.2. The van der Waals surface area contributed by atoms with Crippen LogP contribution in [0.15, 0.2) is 0 Å². The molecule has 0 N–H and O–H groups in total. The first kappa shape index (κ1) is 19.7. The zero-order chi connectivity index (χ0) is 14.1. The Balaban J connectivity index is 0. The fraction of sp³-hybridized carbons (Fsp3) is 0.933. The molecule has 2 fully saturated rings. The second-order valence-electron chi connectivity index (χ2n) is 3.75. The molecule has 1 saturated heterocycles. The second kappa shape index (κ2) is 18.8. The van der Waals surface area contributed by atoms with Gasteiger partial charge in [0.15, 0.2) is 0 Å². The van der Waals surface area contributed by atoms with Crippen LogP contribution < -0.4 is 0 Å². The molecule has 3 heteroatoms. The maximum atomic E-state index is 8.44. The van der Waals surface area contributed by atoms with E-state index in [2.05, 4.69) is 6.07 Å². The van der Waals surface area contributed by atoms with Crippen LogP contribution in [0.25, 0.3) is 0 Å². The molecule has 1 aliphatic carbocycles. The Morgan fingerprint density at radius 1 is 0.833 bits per heavy atom. The van der Waals surface area contributed by atoms with E-state index in [0.717, 1.165) is 32.5 Å². The predicted octanol–water partition coefficient (Wildman–Crippen LogP) is 4.52. The number of hydrogen-bond acceptors (Lipinski definition) is 3. The fourth-order valence-electron chi connectivity index (χ4n) is 1.67. The molecule has 0 aromatic carbocycles. The van der Waals surface area contributed by atoms with E-state index < -0.39 is 0 Å². The minimum atomic E-state index is 0.392. The van der Waals surface area contributed by atoms with Gasteiger partial charge in [-0.15, -0.1) is 0 Å². The van der Waals surface area contributed by atoms with Crippen LogP contribution in [0.3, 0.4) is 0 Å². The molecule has 2 aliphatic rings. The Morgan fingerprint density at radius 3 is 1.56 bits per heavy atom. The van der Waals surface area contributed by atoms with Crippen LogP contribution in [-0.2, 0) is 9.47 Å². The monoisotopic (exact) mass is 257 g/mol. The standard InChI is InChI=1S/C7H11N.C4H8O2.2C2H6/c8-6-7-4-2-1-3-5-7;1-2-5-4-6-3-1;2*1-2/h7H,1-5H2;1-4H2;2*1-2H3. The topological polar surface area (TPSA) is 42.2 Å². The van der Waals surface area contributed by atoms with Gasteiger partial charge < -0.3 is 9.47 Å². The normalized spacial score (nSPS) is 18.6. The molecule has 1 heterocycles. The molecule has 0 radical (unpaired) electrons. The van der Waals surface area contributed by atoms with Crippen molar-refractivity contribution in [3.63, 3.8) is 0 Å². The first-order valence-corrected chi connectivity index (χ1v) is 7.48. The Hall–Kier alpha value is -0.590. The zero-order valence-electron chi connectivity index (χ0n) is 12.7. The first-order valence-electron chi connectivity index (χ1n) is 7.48. The van der Waals surface area contributed by atoms with Crippen molar-refractivity contribution in [1.29, 1.82) is 5.26 Å². The van der Waals surface area contributed by atoms with Crippen LogP contribution >= 0.6 is 0 Å². The van der Waals surface area contributed by atoms with Gasteiger partial charge in [0.2, 0.25) is 0 Å². The first-order chi connectivity index (χ1) is 8.93. The van der Waals surface area contributed by atoms with Crippen LogP contribution in [0.2, 0.25) is 0 Å². The summed E-state index contributed by atoms with van der Waals surface area (Å²) < 4.78 is 9.69. The number of hydrogen-bond donors (Lipinski definition) is 0. The van der Waals surface area contributed by atoms with E-state index in [4.69, 9.17) is 14.7 Å². The summed E-state index contributed by atoms with van der Waals surface area (Å²) in [5.41, 5.74) is 0. The Bertz CT molecular complexity index is 156. The molecule has 0 aromatic rings. The van der Waals surface area contributed by atoms with Crippen molar-refractivity contribution in [3.8, 4) is 6.07 Å². The lowest BCUT2D eigenvalue weighted by atomic mass is 9.91. The minimum absolute atomic E-state index is 0.392. The van der Waals surface area contributed by atoms with Crippen molar-refractivity contribution >= 4 is 0 Å². The SMILES string of the molecule is C1COCOC1.CC.CC.N#CC1CCCCC1. The van der Waals surface area contributed by atoms with Crippen molar-refractivity contribution in [1.82, 2.24) is 0 Å². The van der Waals surface area contributed by atoms with Gasteiger partial charge in [-0.25, -0.2) is 0 Å². The molecule has 0 aromatic heterocycles. The maximum Gasteiger partial charge on any atom is 0.146 e. The largest absolute Gasteiger partial charge is 0.355 e. The van der Waals surface area contributed by atoms with Crippen molar-refractivity contribution in [2.24, 2.45) is 5.92 Å². The molecular formula is C15H31NO2. The third-order valence-electron chi connectivity index (χ3n) is 2.53. The number of nitriles is 1. The third kappa shape index (κ3) is 13.5. The average Bonchev–Trinajstić information content (AvgIpc) is 2.54. The van der Waals surface area contributed by atoms with Crippen LogP contribution in [0.4, 0.5) is 0 Å². The summed E-state index contributed by atoms with van der Waals surface area (Å²) in [4.78, 5) is 0. The van der Waals surface area contributed by atoms with Gasteiger partial charge >= 0.3 is 0 Å². The molecular weight excluding hydrogens is 226 g/mol. The molecule has 0 spiro atoms. The van der Waals surface area contributed by atoms with Gasteiger partial charge in [-0.1, -0.05) is 47.0 Å². The van der Waals surface area contributed by atoms with Gasteiger partial charge in [-0.2, -0.15) is 5.26 Å². The summed E-state index contributed by atoms with van der Waals surface area (Å²) in [6, 6.07) is 2.30. The van der Waals surface area contributed by atoms with Gasteiger partial charge in [-0.05, 0) is 19.3 Å². The van der Waals surface area contributed by atoms with E-state index in [-0.39, 0.29) is 0 Å². The van der Waals surface area contributed by atoms with Crippen LogP contribution in [0.1, 0.15) is 66.2 Å². The van der Waals surface area contributed by atoms with E-state index in [0.29, 0.717) is 12.7 Å². The van der Waals surface area contributed by atoms with Gasteiger partial charge in [0.1, 0.15) is 6.79 Å². The molecule has 3 nitrogen and oxygen atoms in total. The summed E-state index contributed by atoms with van der Waals surface area (Å²) >= 11 is 0. The molecule has 0 amide bonds. The quantitative estimate of drug-likeness (QED) is 0.640. The van der Waals surface area contributed by atoms with E-state index in [1.807, 2.05) is 27.7 Å². The highest BCUT2D eigenvalue weighted by molar-refractivity contribution is 4.84. The highest BCUT2D eigenvalue weighted by atomic mass is 16.7. The molecule has 108 valence electrons. The summed E-state index contributed by atoms with van der Waals surface area (Å²) in [5, 5.41) is 8.44. The molecule has 0 bridgehead atoms. The number of nitrogens with zero attached hydrogens (tertiary/aromatic N) is 1. The van der Waals surface area contributed by atoms with E-state index in [1.165, 1.54) is 19.3 Å². The van der Waals surface area contributed by atoms with Gasteiger partial charge in [0.25, 0.3) is 0 Å². The number of ether oxygens (including phenoxy) is 2. The molecule has 2 rings (SSSR count). The Labute approximate surface area is 113 Å². The molecule has 0 unspecified atom stereocenters. The lowest BCUT2D eigenvalue weighted by molar-refractivity contribution is -0.0963. The fourth-order valence-corrected chi connectivity index (χ4v) is 1.67. The van der Waals surface area contributed by atoms with Crippen molar-refractivity contribution in [2.45, 2.75) is 66.2 Å². The summed E-state index contributed by atoms with van der Waals surface area (Å²) in [7, 11) is 0. The van der Waals surface area contributed by atoms with Crippen LogP contribution in [0, 0.1) is 17.2 Å². The van der Waals surface area contributed by atoms with Crippen molar-refractivity contribution in [2.75, 3.05) is 20.0 Å². The number of rotatable bonds is 0. The minimum Gasteiger partial charge on any atom is -0.355 e. The summed E-state index contributed by atoms with van der Waals surface area (Å²) in [6.07, 6.45) is 7.25. The molecule has 0 atom stereocenters. The maximum absolute atomic E-state index is 8.44. The van der Waals surface area contributed by atoms with E-state index in [1.54, 1.807) is 0 Å². The molecule has 18 heavy (non-hydrogen) atoms. The molecule has 1 saturated carbocycles. The highest BCUT2D eigenvalue weighted by Crippen LogP contribution is 2.22. The predicted molar refractivity (Wildman–Crippen MR) is 76.3 cm³/mol. The van der Waals surface area contributed by atoms with Crippen LogP contribution in [-0.4, -0.2) is 20.0 Å². The smallest absolute Gasteiger partial charge is 0.146 e. The highest BCUT2D eigenvalue weighted by Gasteiger charge is 2.10. The Kier molecular flexibility index (Phi) is 20.6. The Morgan fingerprint density at radius 2 is 1.33 bits per heavy atom. The summed E-state index contributed by atoms with van der Waals surface area (Å²) in [5.74, 6) is 0.392. The lowest BCUT2D eigenvalue weighted by Crippen LogP contribution is -2.11. The second-order valence-corrected chi connectivity index (χ2v) is 3.75. The van der Waals surface area contributed by atoms with Gasteiger partial charge in [-0.3, -0.25) is 0 Å². The lowest BCUT2D eigenvalue weighted by Gasteiger charge is -2.13. The third-order valence-corrected chi connectivity index (χ3v) is 2.53. The molecule has 1 aliphatic heterocycles. The van der Waals surface area contributed by atoms with E-state index >= 15 is 0 Å².